The molecule has 0 fully saturated rings. The highest BCUT2D eigenvalue weighted by molar-refractivity contribution is 9.10. The highest BCUT2D eigenvalue weighted by Crippen LogP contribution is 2.35. The van der Waals surface area contributed by atoms with Crippen molar-refractivity contribution < 1.29 is 18.7 Å². The fraction of sp³-hybridized carbons (Fsp3) is 0.118. The molecule has 0 radical (unpaired) electrons. The Labute approximate surface area is 146 Å². The van der Waals surface area contributed by atoms with Crippen LogP contribution < -0.4 is 4.74 Å². The summed E-state index contributed by atoms with van der Waals surface area (Å²) in [5.74, 6) is 1.70. The second-order valence-corrected chi connectivity index (χ2v) is 5.73. The first-order valence-electron chi connectivity index (χ1n) is 6.48. The van der Waals surface area contributed by atoms with E-state index >= 15 is 0 Å². The smallest absolute Gasteiger partial charge is 0.339 e. The zero-order valence-electron chi connectivity index (χ0n) is 11.8. The summed E-state index contributed by atoms with van der Waals surface area (Å²) in [7, 11) is 0. The van der Waals surface area contributed by atoms with E-state index in [2.05, 4.69) is 21.9 Å². The van der Waals surface area contributed by atoms with Crippen molar-refractivity contribution in [3.8, 4) is 18.1 Å². The molecule has 0 aliphatic carbocycles. The van der Waals surface area contributed by atoms with Crippen molar-refractivity contribution in [3.05, 3.63) is 62.8 Å². The molecule has 0 N–H and O–H groups in total. The molecule has 0 saturated carbocycles. The molecule has 0 aliphatic heterocycles. The Morgan fingerprint density at radius 1 is 1.30 bits per heavy atom. The van der Waals surface area contributed by atoms with E-state index in [0.717, 1.165) is 5.56 Å². The summed E-state index contributed by atoms with van der Waals surface area (Å²) in [6.07, 6.45) is 5.04. The Morgan fingerprint density at radius 3 is 2.61 bits per heavy atom. The Balaban J connectivity index is 2.12. The second-order valence-electron chi connectivity index (χ2n) is 4.46. The molecule has 2 aromatic rings. The Kier molecular flexibility index (Phi) is 6.03. The van der Waals surface area contributed by atoms with Crippen molar-refractivity contribution in [1.82, 2.24) is 0 Å². The van der Waals surface area contributed by atoms with Gasteiger partial charge in [-0.2, -0.15) is 0 Å². The van der Waals surface area contributed by atoms with Crippen LogP contribution in [0.2, 0.25) is 5.02 Å². The van der Waals surface area contributed by atoms with Crippen molar-refractivity contribution in [3.63, 3.8) is 0 Å². The standard InChI is InChI=1S/C17H11BrClFO3/c1-2-7-22-17(21)12-8-14(18)16(15(19)9-12)23-10-11-3-5-13(20)6-4-11/h1,3-6,8-9H,7,10H2. The summed E-state index contributed by atoms with van der Waals surface area (Å²) >= 11 is 9.44. The highest BCUT2D eigenvalue weighted by Gasteiger charge is 2.15. The predicted octanol–water partition coefficient (Wildman–Crippen LogP) is 4.61. The molecular formula is C17H11BrClFO3. The minimum Gasteiger partial charge on any atom is -0.486 e. The Hall–Kier alpha value is -2.03. The van der Waals surface area contributed by atoms with Crippen LogP contribution in [0.5, 0.6) is 5.75 Å². The molecule has 0 saturated heterocycles. The number of terminal acetylenes is 1. The lowest BCUT2D eigenvalue weighted by atomic mass is 10.2. The number of esters is 1. The Bertz CT molecular complexity index is 730. The maximum atomic E-state index is 12.9. The van der Waals surface area contributed by atoms with Gasteiger partial charge in [-0.05, 0) is 45.8 Å². The van der Waals surface area contributed by atoms with Gasteiger partial charge in [-0.15, -0.1) is 6.42 Å². The summed E-state index contributed by atoms with van der Waals surface area (Å²) in [6, 6.07) is 8.89. The van der Waals surface area contributed by atoms with Gasteiger partial charge < -0.3 is 9.47 Å². The van der Waals surface area contributed by atoms with Gasteiger partial charge in [-0.1, -0.05) is 29.7 Å². The fourth-order valence-corrected chi connectivity index (χ4v) is 2.71. The van der Waals surface area contributed by atoms with E-state index in [0.29, 0.717) is 10.2 Å². The number of halogens is 3. The summed E-state index contributed by atoms with van der Waals surface area (Å²) in [5.41, 5.74) is 1.04. The van der Waals surface area contributed by atoms with Crippen LogP contribution >= 0.6 is 27.5 Å². The van der Waals surface area contributed by atoms with E-state index in [1.54, 1.807) is 12.1 Å². The lowest BCUT2D eigenvalue weighted by molar-refractivity contribution is 0.0556. The van der Waals surface area contributed by atoms with Crippen LogP contribution in [0.25, 0.3) is 0 Å². The number of hydrogen-bond donors (Lipinski definition) is 0. The highest BCUT2D eigenvalue weighted by atomic mass is 79.9. The Morgan fingerprint density at radius 2 is 2.00 bits per heavy atom. The van der Waals surface area contributed by atoms with E-state index in [1.165, 1.54) is 24.3 Å². The summed E-state index contributed by atoms with van der Waals surface area (Å²) in [5, 5.41) is 0.245. The normalized spacial score (nSPS) is 10.0. The molecule has 0 spiro atoms. The van der Waals surface area contributed by atoms with Crippen molar-refractivity contribution in [2.24, 2.45) is 0 Å². The molecule has 2 rings (SSSR count). The number of hydrogen-bond acceptors (Lipinski definition) is 3. The van der Waals surface area contributed by atoms with E-state index in [1.807, 2.05) is 0 Å². The average molecular weight is 398 g/mol. The van der Waals surface area contributed by atoms with E-state index in [4.69, 9.17) is 27.5 Å². The molecule has 118 valence electrons. The molecule has 0 atom stereocenters. The van der Waals surface area contributed by atoms with Crippen LogP contribution in [0.4, 0.5) is 4.39 Å². The van der Waals surface area contributed by atoms with E-state index < -0.39 is 5.97 Å². The first-order chi connectivity index (χ1) is 11.0. The van der Waals surface area contributed by atoms with Crippen LogP contribution in [-0.4, -0.2) is 12.6 Å². The van der Waals surface area contributed by atoms with Gasteiger partial charge in [0, 0.05) is 0 Å². The molecular weight excluding hydrogens is 387 g/mol. The van der Waals surface area contributed by atoms with Crippen LogP contribution in [0.15, 0.2) is 40.9 Å². The maximum Gasteiger partial charge on any atom is 0.339 e. The van der Waals surface area contributed by atoms with Crippen LogP contribution in [-0.2, 0) is 11.3 Å². The van der Waals surface area contributed by atoms with Crippen molar-refractivity contribution in [1.29, 1.82) is 0 Å². The van der Waals surface area contributed by atoms with Crippen LogP contribution in [0.1, 0.15) is 15.9 Å². The largest absolute Gasteiger partial charge is 0.486 e. The van der Waals surface area contributed by atoms with Crippen molar-refractivity contribution >= 4 is 33.5 Å². The molecule has 3 nitrogen and oxygen atoms in total. The minimum absolute atomic E-state index is 0.114. The van der Waals surface area contributed by atoms with Gasteiger partial charge in [0.15, 0.2) is 12.4 Å². The third-order valence-corrected chi connectivity index (χ3v) is 3.69. The van der Waals surface area contributed by atoms with Crippen LogP contribution in [0, 0.1) is 18.2 Å². The third-order valence-electron chi connectivity index (χ3n) is 2.82. The molecule has 0 bridgehead atoms. The summed E-state index contributed by atoms with van der Waals surface area (Å²) < 4.78 is 23.8. The quantitative estimate of drug-likeness (QED) is 0.546. The molecule has 2 aromatic carbocycles. The van der Waals surface area contributed by atoms with Crippen LogP contribution in [0.3, 0.4) is 0 Å². The third kappa shape index (κ3) is 4.72. The first kappa shape index (κ1) is 17.3. The number of ether oxygens (including phenoxy) is 2. The average Bonchev–Trinajstić information content (AvgIpc) is 2.53. The monoisotopic (exact) mass is 396 g/mol. The fourth-order valence-electron chi connectivity index (χ4n) is 1.74. The summed E-state index contributed by atoms with van der Waals surface area (Å²) in [6.45, 7) is 0.0936. The summed E-state index contributed by atoms with van der Waals surface area (Å²) in [4.78, 5) is 11.8. The second kappa shape index (κ2) is 8.00. The van der Waals surface area contributed by atoms with E-state index in [-0.39, 0.29) is 29.6 Å². The molecule has 23 heavy (non-hydrogen) atoms. The van der Waals surface area contributed by atoms with E-state index in [9.17, 15) is 9.18 Å². The van der Waals surface area contributed by atoms with Gasteiger partial charge in [0.25, 0.3) is 0 Å². The number of carbonyl (C=O) groups is 1. The molecule has 6 heteroatoms. The molecule has 0 aromatic heterocycles. The predicted molar refractivity (Wildman–Crippen MR) is 89.0 cm³/mol. The van der Waals surface area contributed by atoms with Gasteiger partial charge in [0.1, 0.15) is 12.4 Å². The molecule has 0 aliphatic rings. The van der Waals surface area contributed by atoms with Crippen molar-refractivity contribution in [2.45, 2.75) is 6.61 Å². The van der Waals surface area contributed by atoms with Gasteiger partial charge in [0.2, 0.25) is 0 Å². The zero-order chi connectivity index (χ0) is 16.8. The van der Waals surface area contributed by atoms with Gasteiger partial charge in [-0.3, -0.25) is 0 Å². The minimum atomic E-state index is -0.573. The maximum absolute atomic E-state index is 12.9. The van der Waals surface area contributed by atoms with Gasteiger partial charge in [0.05, 0.1) is 15.1 Å². The zero-order valence-corrected chi connectivity index (χ0v) is 14.2. The molecule has 0 amide bonds. The first-order valence-corrected chi connectivity index (χ1v) is 7.65. The molecule has 0 unspecified atom stereocenters. The lowest BCUT2D eigenvalue weighted by Gasteiger charge is -2.12. The SMILES string of the molecule is C#CCOC(=O)c1cc(Cl)c(OCc2ccc(F)cc2)c(Br)c1. The molecule has 0 heterocycles. The lowest BCUT2D eigenvalue weighted by Crippen LogP contribution is -2.06. The number of carbonyl (C=O) groups excluding carboxylic acids is 1. The van der Waals surface area contributed by atoms with Gasteiger partial charge in [-0.25, -0.2) is 9.18 Å². The number of benzene rings is 2. The number of rotatable bonds is 5. The topological polar surface area (TPSA) is 35.5 Å². The van der Waals surface area contributed by atoms with Crippen molar-refractivity contribution in [2.75, 3.05) is 6.61 Å². The van der Waals surface area contributed by atoms with Gasteiger partial charge >= 0.3 is 5.97 Å².